The zero-order valence-corrected chi connectivity index (χ0v) is 12.0. The zero-order valence-electron chi connectivity index (χ0n) is 12.0. The first-order chi connectivity index (χ1) is 9.17. The summed E-state index contributed by atoms with van der Waals surface area (Å²) in [5.74, 6) is 1.49. The van der Waals surface area contributed by atoms with Gasteiger partial charge in [-0.25, -0.2) is 0 Å². The van der Waals surface area contributed by atoms with Gasteiger partial charge in [0.15, 0.2) is 0 Å². The summed E-state index contributed by atoms with van der Waals surface area (Å²) >= 11 is 0. The van der Waals surface area contributed by atoms with Gasteiger partial charge < -0.3 is 4.74 Å². The fraction of sp³-hybridized carbons (Fsp3) is 0.688. The molecule has 3 nitrogen and oxygen atoms in total. The van der Waals surface area contributed by atoms with Gasteiger partial charge >= 0.3 is 0 Å². The monoisotopic (exact) mass is 260 g/mol. The van der Waals surface area contributed by atoms with Gasteiger partial charge in [-0.2, -0.15) is 0 Å². The summed E-state index contributed by atoms with van der Waals surface area (Å²) in [5.41, 5.74) is 1.45. The van der Waals surface area contributed by atoms with E-state index in [1.165, 1.54) is 18.4 Å². The number of ether oxygens (including phenoxy) is 1. The highest BCUT2D eigenvalue weighted by atomic mass is 16.5. The molecule has 1 aromatic heterocycles. The van der Waals surface area contributed by atoms with Gasteiger partial charge in [0, 0.05) is 32.0 Å². The third kappa shape index (κ3) is 2.82. The lowest BCUT2D eigenvalue weighted by atomic mass is 9.87. The van der Waals surface area contributed by atoms with Crippen molar-refractivity contribution in [2.75, 3.05) is 19.7 Å². The van der Waals surface area contributed by atoms with Crippen LogP contribution in [0.2, 0.25) is 0 Å². The molecule has 104 valence electrons. The molecule has 0 amide bonds. The second kappa shape index (κ2) is 5.22. The predicted octanol–water partition coefficient (Wildman–Crippen LogP) is 2.72. The van der Waals surface area contributed by atoms with Crippen LogP contribution in [-0.4, -0.2) is 35.2 Å². The van der Waals surface area contributed by atoms with Gasteiger partial charge in [-0.3, -0.25) is 9.88 Å². The van der Waals surface area contributed by atoms with Crippen molar-refractivity contribution in [2.45, 2.75) is 38.8 Å². The average molecular weight is 260 g/mol. The van der Waals surface area contributed by atoms with E-state index in [-0.39, 0.29) is 5.60 Å². The molecule has 1 aromatic rings. The molecule has 0 aliphatic carbocycles. The number of hydrogen-bond acceptors (Lipinski definition) is 3. The number of rotatable bonds is 3. The van der Waals surface area contributed by atoms with Crippen molar-refractivity contribution in [2.24, 2.45) is 11.8 Å². The molecular weight excluding hydrogens is 236 g/mol. The number of likely N-dealkylation sites (tertiary alicyclic amines) is 1. The molecule has 2 aliphatic heterocycles. The molecule has 0 radical (unpaired) electrons. The van der Waals surface area contributed by atoms with Crippen molar-refractivity contribution < 1.29 is 4.74 Å². The lowest BCUT2D eigenvalue weighted by Crippen LogP contribution is -2.32. The first-order valence-electron chi connectivity index (χ1n) is 7.42. The van der Waals surface area contributed by atoms with Crippen LogP contribution in [0.25, 0.3) is 0 Å². The topological polar surface area (TPSA) is 25.4 Å². The third-order valence-corrected chi connectivity index (χ3v) is 4.70. The number of pyridine rings is 1. The summed E-state index contributed by atoms with van der Waals surface area (Å²) in [6, 6.07) is 4.17. The Bertz CT molecular complexity index is 420. The van der Waals surface area contributed by atoms with E-state index in [9.17, 15) is 0 Å². The Labute approximate surface area is 116 Å². The van der Waals surface area contributed by atoms with E-state index in [0.717, 1.165) is 38.1 Å². The van der Waals surface area contributed by atoms with E-state index in [2.05, 4.69) is 29.8 Å². The van der Waals surface area contributed by atoms with Crippen molar-refractivity contribution >= 4 is 0 Å². The molecule has 0 saturated carbocycles. The fourth-order valence-electron chi connectivity index (χ4n) is 3.40. The van der Waals surface area contributed by atoms with Crippen LogP contribution in [0, 0.1) is 11.8 Å². The first-order valence-corrected chi connectivity index (χ1v) is 7.42. The van der Waals surface area contributed by atoms with Gasteiger partial charge in [0.2, 0.25) is 0 Å². The van der Waals surface area contributed by atoms with Crippen molar-refractivity contribution in [1.29, 1.82) is 0 Å². The standard InChI is InChI=1S/C16H24N2O/c1-13(2)15-8-16(19-11-15)5-7-18(12-16)10-14-4-3-6-17-9-14/h3-4,6,9,13,15H,5,7-8,10-12H2,1-2H3/t15-,16-/m1/s1. The molecular formula is C16H24N2O. The maximum Gasteiger partial charge on any atom is 0.0824 e. The van der Waals surface area contributed by atoms with E-state index < -0.39 is 0 Å². The number of aromatic nitrogens is 1. The Morgan fingerprint density at radius 1 is 1.53 bits per heavy atom. The molecule has 2 saturated heterocycles. The minimum atomic E-state index is 0.150. The van der Waals surface area contributed by atoms with Crippen LogP contribution in [0.5, 0.6) is 0 Å². The van der Waals surface area contributed by atoms with Gasteiger partial charge in [-0.15, -0.1) is 0 Å². The highest BCUT2D eigenvalue weighted by Crippen LogP contribution is 2.40. The molecule has 0 unspecified atom stereocenters. The van der Waals surface area contributed by atoms with E-state index in [1.54, 1.807) is 0 Å². The molecule has 2 aliphatic rings. The molecule has 3 rings (SSSR count). The minimum absolute atomic E-state index is 0.150. The molecule has 1 spiro atoms. The summed E-state index contributed by atoms with van der Waals surface area (Å²) in [4.78, 5) is 6.71. The van der Waals surface area contributed by atoms with Gasteiger partial charge in [-0.1, -0.05) is 19.9 Å². The maximum absolute atomic E-state index is 6.19. The third-order valence-electron chi connectivity index (χ3n) is 4.70. The van der Waals surface area contributed by atoms with Crippen molar-refractivity contribution in [3.05, 3.63) is 30.1 Å². The van der Waals surface area contributed by atoms with Crippen LogP contribution in [0.15, 0.2) is 24.5 Å². The summed E-state index contributed by atoms with van der Waals surface area (Å²) in [5, 5.41) is 0. The molecule has 19 heavy (non-hydrogen) atoms. The largest absolute Gasteiger partial charge is 0.373 e. The second-order valence-electron chi connectivity index (χ2n) is 6.52. The van der Waals surface area contributed by atoms with E-state index in [4.69, 9.17) is 4.74 Å². The van der Waals surface area contributed by atoms with Crippen molar-refractivity contribution in [3.8, 4) is 0 Å². The molecule has 3 heterocycles. The van der Waals surface area contributed by atoms with Crippen LogP contribution in [0.4, 0.5) is 0 Å². The van der Waals surface area contributed by atoms with Crippen LogP contribution in [0.3, 0.4) is 0 Å². The number of hydrogen-bond donors (Lipinski definition) is 0. The van der Waals surface area contributed by atoms with Crippen LogP contribution < -0.4 is 0 Å². The molecule has 0 aromatic carbocycles. The van der Waals surface area contributed by atoms with Gasteiger partial charge in [0.1, 0.15) is 0 Å². The zero-order chi connectivity index (χ0) is 13.3. The Kier molecular flexibility index (Phi) is 3.59. The SMILES string of the molecule is CC(C)[C@H]1CO[C@]2(CCN(Cc3cccnc3)C2)C1. The highest BCUT2D eigenvalue weighted by molar-refractivity contribution is 5.09. The van der Waals surface area contributed by atoms with E-state index >= 15 is 0 Å². The van der Waals surface area contributed by atoms with E-state index in [0.29, 0.717) is 0 Å². The summed E-state index contributed by atoms with van der Waals surface area (Å²) in [6.07, 6.45) is 6.24. The smallest absolute Gasteiger partial charge is 0.0824 e. The molecule has 0 bridgehead atoms. The first kappa shape index (κ1) is 13.1. The van der Waals surface area contributed by atoms with Gasteiger partial charge in [0.05, 0.1) is 12.2 Å². The lowest BCUT2D eigenvalue weighted by molar-refractivity contribution is 0.0106. The minimum Gasteiger partial charge on any atom is -0.373 e. The summed E-state index contributed by atoms with van der Waals surface area (Å²) in [7, 11) is 0. The quantitative estimate of drug-likeness (QED) is 0.835. The normalized spacial score (nSPS) is 31.6. The van der Waals surface area contributed by atoms with Crippen LogP contribution in [0.1, 0.15) is 32.3 Å². The van der Waals surface area contributed by atoms with Crippen LogP contribution >= 0.6 is 0 Å². The summed E-state index contributed by atoms with van der Waals surface area (Å²) < 4.78 is 6.19. The molecule has 2 atom stereocenters. The molecule has 3 heteroatoms. The lowest BCUT2D eigenvalue weighted by Gasteiger charge is -2.24. The Morgan fingerprint density at radius 2 is 2.42 bits per heavy atom. The summed E-state index contributed by atoms with van der Waals surface area (Å²) in [6.45, 7) is 8.83. The highest BCUT2D eigenvalue weighted by Gasteiger charge is 2.45. The maximum atomic E-state index is 6.19. The predicted molar refractivity (Wildman–Crippen MR) is 75.8 cm³/mol. The average Bonchev–Trinajstić information content (AvgIpc) is 2.99. The second-order valence-corrected chi connectivity index (χ2v) is 6.52. The molecule has 2 fully saturated rings. The Morgan fingerprint density at radius 3 is 3.11 bits per heavy atom. The van der Waals surface area contributed by atoms with Crippen molar-refractivity contribution in [1.82, 2.24) is 9.88 Å². The van der Waals surface area contributed by atoms with Crippen molar-refractivity contribution in [3.63, 3.8) is 0 Å². The molecule has 0 N–H and O–H groups in total. The van der Waals surface area contributed by atoms with Gasteiger partial charge in [0.25, 0.3) is 0 Å². The van der Waals surface area contributed by atoms with Crippen LogP contribution in [-0.2, 0) is 11.3 Å². The fourth-order valence-corrected chi connectivity index (χ4v) is 3.40. The number of nitrogens with zero attached hydrogens (tertiary/aromatic N) is 2. The van der Waals surface area contributed by atoms with E-state index in [1.807, 2.05) is 18.5 Å². The Hall–Kier alpha value is -0.930. The Balaban J connectivity index is 1.59. The van der Waals surface area contributed by atoms with Gasteiger partial charge in [-0.05, 0) is 36.3 Å².